The van der Waals surface area contributed by atoms with Crippen LogP contribution >= 0.6 is 0 Å². The maximum absolute atomic E-state index is 15.1. The average molecular weight is 476 g/mol. The van der Waals surface area contributed by atoms with Gasteiger partial charge in [-0.25, -0.2) is 9.07 Å². The van der Waals surface area contributed by atoms with Gasteiger partial charge in [-0.15, -0.1) is 5.10 Å². The molecule has 0 spiro atoms. The maximum Gasteiger partial charge on any atom is 0.249 e. The minimum atomic E-state index is -1.12. The number of rotatable bonds is 9. The number of methoxy groups -OCH3 is 1. The van der Waals surface area contributed by atoms with Crippen LogP contribution in [0.2, 0.25) is 0 Å². The highest BCUT2D eigenvalue weighted by atomic mass is 19.1. The molecule has 1 atom stereocenters. The number of carbonyl (C=O) groups excluding carboxylic acids is 2. The topological polar surface area (TPSA) is 89.4 Å². The predicted octanol–water partition coefficient (Wildman–Crippen LogP) is 3.42. The van der Waals surface area contributed by atoms with Gasteiger partial charge in [-0.3, -0.25) is 14.5 Å². The van der Waals surface area contributed by atoms with E-state index < -0.39 is 23.7 Å². The first-order valence-electron chi connectivity index (χ1n) is 11.2. The van der Waals surface area contributed by atoms with Crippen LogP contribution in [0.1, 0.15) is 17.2 Å². The van der Waals surface area contributed by atoms with Gasteiger partial charge in [0.05, 0.1) is 17.8 Å². The van der Waals surface area contributed by atoms with Gasteiger partial charge in [0, 0.05) is 13.7 Å². The standard InChI is InChI=1S/C26H26FN5O3/c1-18-9-3-4-10-19(18)25(26(34)28-15-16-35-2)32(22-13-7-5-11-20(22)27)24(33)17-31-23-14-8-6-12-21(23)29-30-31/h3-14,25H,15-17H2,1-2H3,(H,28,34). The number of nitrogens with one attached hydrogen (secondary N) is 1. The molecular formula is C26H26FN5O3. The smallest absolute Gasteiger partial charge is 0.249 e. The zero-order valence-corrected chi connectivity index (χ0v) is 19.5. The van der Waals surface area contributed by atoms with Crippen LogP contribution in [-0.4, -0.2) is 47.1 Å². The van der Waals surface area contributed by atoms with Crippen molar-refractivity contribution in [2.75, 3.05) is 25.2 Å². The van der Waals surface area contributed by atoms with Gasteiger partial charge in [0.15, 0.2) is 0 Å². The molecule has 1 N–H and O–H groups in total. The van der Waals surface area contributed by atoms with Crippen LogP contribution in [0.4, 0.5) is 10.1 Å². The lowest BCUT2D eigenvalue weighted by Crippen LogP contribution is -2.46. The molecule has 0 saturated heterocycles. The molecule has 1 unspecified atom stereocenters. The lowest BCUT2D eigenvalue weighted by atomic mass is 9.98. The molecule has 8 nitrogen and oxygen atoms in total. The number of aromatic nitrogens is 3. The van der Waals surface area contributed by atoms with E-state index >= 15 is 4.39 Å². The summed E-state index contributed by atoms with van der Waals surface area (Å²) >= 11 is 0. The Balaban J connectivity index is 1.81. The number of hydrogen-bond acceptors (Lipinski definition) is 5. The lowest BCUT2D eigenvalue weighted by Gasteiger charge is -2.32. The maximum atomic E-state index is 15.1. The predicted molar refractivity (Wildman–Crippen MR) is 130 cm³/mol. The second-order valence-electron chi connectivity index (χ2n) is 7.99. The van der Waals surface area contributed by atoms with Gasteiger partial charge in [-0.1, -0.05) is 53.7 Å². The summed E-state index contributed by atoms with van der Waals surface area (Å²) in [4.78, 5) is 28.5. The number of fused-ring (bicyclic) bond motifs is 1. The molecule has 3 aromatic carbocycles. The summed E-state index contributed by atoms with van der Waals surface area (Å²) < 4.78 is 21.6. The number of benzene rings is 3. The van der Waals surface area contributed by atoms with Gasteiger partial charge in [-0.2, -0.15) is 0 Å². The monoisotopic (exact) mass is 475 g/mol. The third-order valence-corrected chi connectivity index (χ3v) is 5.68. The molecule has 0 radical (unpaired) electrons. The van der Waals surface area contributed by atoms with E-state index in [-0.39, 0.29) is 18.8 Å². The molecule has 0 aliphatic carbocycles. The second kappa shape index (κ2) is 10.9. The molecule has 0 aliphatic rings. The largest absolute Gasteiger partial charge is 0.383 e. The van der Waals surface area contributed by atoms with Crippen LogP contribution in [0.15, 0.2) is 72.8 Å². The summed E-state index contributed by atoms with van der Waals surface area (Å²) in [7, 11) is 1.53. The van der Waals surface area contributed by atoms with Gasteiger partial charge in [-0.05, 0) is 42.3 Å². The normalized spacial score (nSPS) is 11.9. The summed E-state index contributed by atoms with van der Waals surface area (Å²) in [6.45, 7) is 2.15. The zero-order valence-electron chi connectivity index (χ0n) is 19.5. The Kier molecular flexibility index (Phi) is 7.47. The number of hydrogen-bond donors (Lipinski definition) is 1. The van der Waals surface area contributed by atoms with E-state index in [9.17, 15) is 9.59 Å². The van der Waals surface area contributed by atoms with Gasteiger partial charge < -0.3 is 10.1 Å². The van der Waals surface area contributed by atoms with Gasteiger partial charge in [0.1, 0.15) is 23.9 Å². The fourth-order valence-corrected chi connectivity index (χ4v) is 3.97. The quantitative estimate of drug-likeness (QED) is 0.375. The molecule has 0 aliphatic heterocycles. The van der Waals surface area contributed by atoms with Crippen molar-refractivity contribution in [3.63, 3.8) is 0 Å². The molecule has 0 saturated carbocycles. The minimum Gasteiger partial charge on any atom is -0.383 e. The zero-order chi connectivity index (χ0) is 24.8. The molecule has 180 valence electrons. The molecule has 1 aromatic heterocycles. The molecule has 9 heteroatoms. The number of amides is 2. The Morgan fingerprint density at radius 3 is 2.54 bits per heavy atom. The Labute approximate surface area is 202 Å². The van der Waals surface area contributed by atoms with Crippen LogP contribution in [0.25, 0.3) is 11.0 Å². The van der Waals surface area contributed by atoms with Crippen molar-refractivity contribution < 1.29 is 18.7 Å². The first-order chi connectivity index (χ1) is 17.0. The summed E-state index contributed by atoms with van der Waals surface area (Å²) in [5.41, 5.74) is 2.66. The summed E-state index contributed by atoms with van der Waals surface area (Å²) in [5, 5.41) is 11.0. The average Bonchev–Trinajstić information content (AvgIpc) is 3.26. The number of nitrogens with zero attached hydrogens (tertiary/aromatic N) is 4. The van der Waals surface area contributed by atoms with Crippen molar-refractivity contribution in [3.8, 4) is 0 Å². The first-order valence-corrected chi connectivity index (χ1v) is 11.2. The second-order valence-corrected chi connectivity index (χ2v) is 7.99. The highest BCUT2D eigenvalue weighted by molar-refractivity contribution is 6.01. The number of anilines is 1. The van der Waals surface area contributed by atoms with Gasteiger partial charge in [0.25, 0.3) is 0 Å². The van der Waals surface area contributed by atoms with Crippen molar-refractivity contribution in [2.24, 2.45) is 0 Å². The first kappa shape index (κ1) is 24.0. The van der Waals surface area contributed by atoms with Crippen LogP contribution in [0.5, 0.6) is 0 Å². The van der Waals surface area contributed by atoms with Crippen LogP contribution in [0, 0.1) is 12.7 Å². The van der Waals surface area contributed by atoms with E-state index in [0.29, 0.717) is 23.2 Å². The molecule has 1 heterocycles. The van der Waals surface area contributed by atoms with Gasteiger partial charge >= 0.3 is 0 Å². The number of halogens is 1. The molecule has 0 bridgehead atoms. The van der Waals surface area contributed by atoms with Crippen molar-refractivity contribution in [3.05, 3.63) is 89.7 Å². The van der Waals surface area contributed by atoms with E-state index in [0.717, 1.165) is 5.56 Å². The highest BCUT2D eigenvalue weighted by Crippen LogP contribution is 2.32. The van der Waals surface area contributed by atoms with Crippen LogP contribution < -0.4 is 10.2 Å². The number of ether oxygens (including phenoxy) is 1. The number of para-hydroxylation sites is 2. The molecular weight excluding hydrogens is 449 g/mol. The van der Waals surface area contributed by atoms with Crippen molar-refractivity contribution in [2.45, 2.75) is 19.5 Å². The van der Waals surface area contributed by atoms with Crippen molar-refractivity contribution in [1.29, 1.82) is 0 Å². The number of carbonyl (C=O) groups is 2. The Bertz CT molecular complexity index is 1340. The third-order valence-electron chi connectivity index (χ3n) is 5.68. The third kappa shape index (κ3) is 5.20. The van der Waals surface area contributed by atoms with E-state index in [4.69, 9.17) is 4.74 Å². The summed E-state index contributed by atoms with van der Waals surface area (Å²) in [5.74, 6) is -1.58. The van der Waals surface area contributed by atoms with Gasteiger partial charge in [0.2, 0.25) is 11.8 Å². The van der Waals surface area contributed by atoms with Crippen LogP contribution in [0.3, 0.4) is 0 Å². The Hall–Kier alpha value is -4.11. The molecule has 4 aromatic rings. The molecule has 2 amide bonds. The lowest BCUT2D eigenvalue weighted by molar-refractivity contribution is -0.127. The minimum absolute atomic E-state index is 0.00272. The van der Waals surface area contributed by atoms with Crippen molar-refractivity contribution in [1.82, 2.24) is 20.3 Å². The van der Waals surface area contributed by atoms with E-state index in [1.807, 2.05) is 31.2 Å². The fraction of sp³-hybridized carbons (Fsp3) is 0.231. The van der Waals surface area contributed by atoms with E-state index in [1.54, 1.807) is 30.3 Å². The van der Waals surface area contributed by atoms with Crippen LogP contribution in [-0.2, 0) is 20.9 Å². The Morgan fingerprint density at radius 2 is 1.77 bits per heavy atom. The molecule has 35 heavy (non-hydrogen) atoms. The fourth-order valence-electron chi connectivity index (χ4n) is 3.97. The van der Waals surface area contributed by atoms with Crippen molar-refractivity contribution >= 4 is 28.5 Å². The molecule has 4 rings (SSSR count). The van der Waals surface area contributed by atoms with E-state index in [1.165, 1.54) is 34.9 Å². The molecule has 0 fully saturated rings. The highest BCUT2D eigenvalue weighted by Gasteiger charge is 2.35. The summed E-state index contributed by atoms with van der Waals surface area (Å²) in [6.07, 6.45) is 0. The van der Waals surface area contributed by atoms with E-state index in [2.05, 4.69) is 15.6 Å². The summed E-state index contributed by atoms with van der Waals surface area (Å²) in [6, 6.07) is 19.3. The Morgan fingerprint density at radius 1 is 1.06 bits per heavy atom. The SMILES string of the molecule is COCCNC(=O)C(c1ccccc1C)N(C(=O)Cn1nnc2ccccc21)c1ccccc1F. The number of aryl methyl sites for hydroxylation is 1.